The van der Waals surface area contributed by atoms with Crippen molar-refractivity contribution in [1.29, 1.82) is 5.26 Å². The molecule has 0 aliphatic carbocycles. The number of benzene rings is 5. The lowest BCUT2D eigenvalue weighted by molar-refractivity contribution is 0.655. The molecule has 162 valence electrons. The quantitative estimate of drug-likeness (QED) is 0.270. The first-order valence-corrected chi connectivity index (χ1v) is 11.4. The van der Waals surface area contributed by atoms with E-state index in [1.165, 1.54) is 0 Å². The first-order valence-electron chi connectivity index (χ1n) is 11.4. The van der Waals surface area contributed by atoms with E-state index < -0.39 is 0 Å². The number of para-hydroxylation sites is 2. The van der Waals surface area contributed by atoms with E-state index in [0.29, 0.717) is 11.3 Å². The molecule has 0 unspecified atom stereocenters. The van der Waals surface area contributed by atoms with Crippen molar-refractivity contribution in [2.45, 2.75) is 0 Å². The van der Waals surface area contributed by atoms with Crippen molar-refractivity contribution in [3.8, 4) is 28.3 Å². The molecule has 7 aromatic rings. The number of nitrogens with zero attached hydrogens (tertiary/aromatic N) is 3. The van der Waals surface area contributed by atoms with Crippen LogP contribution in [0.2, 0.25) is 0 Å². The molecule has 0 aliphatic heterocycles. The van der Waals surface area contributed by atoms with Crippen molar-refractivity contribution in [3.63, 3.8) is 0 Å². The Bertz CT molecular complexity index is 1960. The highest BCUT2D eigenvalue weighted by Crippen LogP contribution is 2.38. The molecule has 0 saturated carbocycles. The maximum absolute atomic E-state index is 9.15. The molecular weight excluding hydrogens is 430 g/mol. The lowest BCUT2D eigenvalue weighted by atomic mass is 9.91. The number of furan rings is 1. The number of aromatic nitrogens is 2. The van der Waals surface area contributed by atoms with Crippen LogP contribution in [0.15, 0.2) is 108 Å². The highest BCUT2D eigenvalue weighted by molar-refractivity contribution is 6.08. The van der Waals surface area contributed by atoms with Crippen molar-refractivity contribution in [2.24, 2.45) is 0 Å². The van der Waals surface area contributed by atoms with Crippen LogP contribution in [0.4, 0.5) is 0 Å². The van der Waals surface area contributed by atoms with Gasteiger partial charge in [-0.2, -0.15) is 5.26 Å². The van der Waals surface area contributed by atoms with E-state index in [9.17, 15) is 0 Å². The van der Waals surface area contributed by atoms with Crippen LogP contribution in [0.3, 0.4) is 0 Å². The van der Waals surface area contributed by atoms with Gasteiger partial charge >= 0.3 is 0 Å². The van der Waals surface area contributed by atoms with E-state index >= 15 is 0 Å². The summed E-state index contributed by atoms with van der Waals surface area (Å²) < 4.78 is 6.04. The Morgan fingerprint density at radius 2 is 1.23 bits per heavy atom. The summed E-state index contributed by atoms with van der Waals surface area (Å²) in [6, 6.07) is 36.8. The molecular formula is C31H17N3O. The van der Waals surface area contributed by atoms with Gasteiger partial charge in [0.15, 0.2) is 0 Å². The van der Waals surface area contributed by atoms with Crippen LogP contribution in [0.5, 0.6) is 0 Å². The Morgan fingerprint density at radius 1 is 0.600 bits per heavy atom. The number of fused-ring (bicyclic) bond motifs is 5. The molecule has 0 saturated heterocycles. The van der Waals surface area contributed by atoms with Crippen LogP contribution in [0.1, 0.15) is 5.56 Å². The number of hydrogen-bond donors (Lipinski definition) is 0. The van der Waals surface area contributed by atoms with E-state index in [-0.39, 0.29) is 0 Å². The second-order valence-corrected chi connectivity index (χ2v) is 8.57. The van der Waals surface area contributed by atoms with Gasteiger partial charge in [-0.05, 0) is 69.4 Å². The average Bonchev–Trinajstić information content (AvgIpc) is 3.28. The van der Waals surface area contributed by atoms with Crippen molar-refractivity contribution >= 4 is 44.0 Å². The summed E-state index contributed by atoms with van der Waals surface area (Å²) in [5, 5.41) is 12.4. The zero-order valence-electron chi connectivity index (χ0n) is 18.6. The van der Waals surface area contributed by atoms with Crippen LogP contribution in [-0.2, 0) is 0 Å². The monoisotopic (exact) mass is 447 g/mol. The second kappa shape index (κ2) is 7.51. The minimum Gasteiger partial charge on any atom is -0.436 e. The summed E-state index contributed by atoms with van der Waals surface area (Å²) in [6.45, 7) is 0. The third-order valence-corrected chi connectivity index (χ3v) is 6.54. The van der Waals surface area contributed by atoms with E-state index in [2.05, 4.69) is 59.6 Å². The third kappa shape index (κ3) is 3.07. The summed E-state index contributed by atoms with van der Waals surface area (Å²) in [5.74, 6) is 0. The fourth-order valence-electron chi connectivity index (χ4n) is 4.83. The van der Waals surface area contributed by atoms with Crippen molar-refractivity contribution in [2.75, 3.05) is 0 Å². The van der Waals surface area contributed by atoms with E-state index in [1.807, 2.05) is 54.6 Å². The third-order valence-electron chi connectivity index (χ3n) is 6.54. The Kier molecular flexibility index (Phi) is 4.18. The second-order valence-electron chi connectivity index (χ2n) is 8.57. The molecule has 2 aromatic heterocycles. The molecule has 7 rings (SSSR count). The highest BCUT2D eigenvalue weighted by Gasteiger charge is 2.14. The van der Waals surface area contributed by atoms with Gasteiger partial charge in [0.05, 0.1) is 22.7 Å². The molecule has 0 N–H and O–H groups in total. The summed E-state index contributed by atoms with van der Waals surface area (Å²) in [4.78, 5) is 9.53. The SMILES string of the molecule is N#Cc1ccc(-c2ccc(-c3ccc4oc5nc6ccccc6nc5c4c3)c3ccccc23)cc1. The van der Waals surface area contributed by atoms with Crippen LogP contribution < -0.4 is 0 Å². The topological polar surface area (TPSA) is 62.7 Å². The number of nitriles is 1. The van der Waals surface area contributed by atoms with Gasteiger partial charge in [0, 0.05) is 5.39 Å². The van der Waals surface area contributed by atoms with E-state index in [4.69, 9.17) is 14.7 Å². The van der Waals surface area contributed by atoms with Gasteiger partial charge in [-0.15, -0.1) is 0 Å². The summed E-state index contributed by atoms with van der Waals surface area (Å²) in [7, 11) is 0. The standard InChI is InChI=1S/C31H17N3O/c32-18-19-9-11-20(12-10-19)22-14-15-23(25-6-2-1-5-24(22)25)21-13-16-29-26(17-21)30-31(35-29)34-28-8-4-3-7-27(28)33-30/h1-17H. The zero-order valence-corrected chi connectivity index (χ0v) is 18.6. The Hall–Kier alpha value is -5.01. The normalized spacial score (nSPS) is 11.4. The largest absolute Gasteiger partial charge is 0.436 e. The molecule has 0 aliphatic rings. The lowest BCUT2D eigenvalue weighted by Gasteiger charge is -2.12. The Labute approximate surface area is 200 Å². The van der Waals surface area contributed by atoms with Crippen molar-refractivity contribution in [1.82, 2.24) is 9.97 Å². The fraction of sp³-hybridized carbons (Fsp3) is 0. The van der Waals surface area contributed by atoms with Crippen molar-refractivity contribution < 1.29 is 4.42 Å². The van der Waals surface area contributed by atoms with Crippen LogP contribution in [-0.4, -0.2) is 9.97 Å². The van der Waals surface area contributed by atoms with E-state index in [1.54, 1.807) is 0 Å². The predicted octanol–water partition coefficient (Wildman–Crippen LogP) is 7.89. The molecule has 4 nitrogen and oxygen atoms in total. The molecule has 35 heavy (non-hydrogen) atoms. The first-order chi connectivity index (χ1) is 17.3. The van der Waals surface area contributed by atoms with Gasteiger partial charge < -0.3 is 4.42 Å². The van der Waals surface area contributed by atoms with Crippen molar-refractivity contribution in [3.05, 3.63) is 109 Å². The molecule has 4 heteroatoms. The van der Waals surface area contributed by atoms with Gasteiger partial charge in [-0.3, -0.25) is 0 Å². The molecule has 2 heterocycles. The van der Waals surface area contributed by atoms with Gasteiger partial charge in [0.1, 0.15) is 11.1 Å². The first kappa shape index (κ1) is 19.5. The fourth-order valence-corrected chi connectivity index (χ4v) is 4.83. The van der Waals surface area contributed by atoms with Crippen LogP contribution in [0.25, 0.3) is 66.3 Å². The van der Waals surface area contributed by atoms with Gasteiger partial charge in [-0.1, -0.05) is 66.7 Å². The number of hydrogen-bond acceptors (Lipinski definition) is 4. The molecule has 0 bridgehead atoms. The highest BCUT2D eigenvalue weighted by atomic mass is 16.3. The smallest absolute Gasteiger partial charge is 0.246 e. The molecule has 0 fully saturated rings. The summed E-state index contributed by atoms with van der Waals surface area (Å²) in [6.07, 6.45) is 0. The van der Waals surface area contributed by atoms with Gasteiger partial charge in [0.25, 0.3) is 0 Å². The minimum absolute atomic E-state index is 0.553. The maximum Gasteiger partial charge on any atom is 0.246 e. The number of rotatable bonds is 2. The summed E-state index contributed by atoms with van der Waals surface area (Å²) >= 11 is 0. The molecule has 0 amide bonds. The lowest BCUT2D eigenvalue weighted by Crippen LogP contribution is -1.87. The average molecular weight is 447 g/mol. The molecule has 5 aromatic carbocycles. The minimum atomic E-state index is 0.553. The molecule has 0 radical (unpaired) electrons. The maximum atomic E-state index is 9.15. The van der Waals surface area contributed by atoms with Gasteiger partial charge in [0.2, 0.25) is 5.71 Å². The van der Waals surface area contributed by atoms with E-state index in [0.717, 1.165) is 60.5 Å². The van der Waals surface area contributed by atoms with Crippen LogP contribution in [0, 0.1) is 11.3 Å². The van der Waals surface area contributed by atoms with Crippen LogP contribution >= 0.6 is 0 Å². The molecule has 0 atom stereocenters. The zero-order chi connectivity index (χ0) is 23.4. The summed E-state index contributed by atoms with van der Waals surface area (Å²) in [5.41, 5.74) is 8.90. The van der Waals surface area contributed by atoms with Gasteiger partial charge in [-0.25, -0.2) is 9.97 Å². The predicted molar refractivity (Wildman–Crippen MR) is 140 cm³/mol. The Morgan fingerprint density at radius 3 is 1.94 bits per heavy atom. The molecule has 0 spiro atoms. The Balaban J connectivity index is 1.43.